The van der Waals surface area contributed by atoms with Crippen LogP contribution in [0.4, 0.5) is 5.69 Å². The average Bonchev–Trinajstić information content (AvgIpc) is 2.81. The lowest BCUT2D eigenvalue weighted by Gasteiger charge is -2.39. The van der Waals surface area contributed by atoms with Crippen LogP contribution < -0.4 is 4.31 Å². The maximum Gasteiger partial charge on any atom is 0.254 e. The largest absolute Gasteiger partial charge is 0.377 e. The molecule has 2 heterocycles. The van der Waals surface area contributed by atoms with Gasteiger partial charge in [0.1, 0.15) is 0 Å². The summed E-state index contributed by atoms with van der Waals surface area (Å²) in [5.41, 5.74) is 0.318. The minimum Gasteiger partial charge on any atom is -0.377 e. The van der Waals surface area contributed by atoms with E-state index in [0.717, 1.165) is 0 Å². The summed E-state index contributed by atoms with van der Waals surface area (Å²) in [6, 6.07) is 4.15. The van der Waals surface area contributed by atoms with Gasteiger partial charge in [-0.2, -0.15) is 0 Å². The number of nitrogens with zero attached hydrogens (tertiary/aromatic N) is 2. The van der Waals surface area contributed by atoms with Crippen LogP contribution in [0.3, 0.4) is 0 Å². The highest BCUT2D eigenvalue weighted by atomic mass is 35.5. The van der Waals surface area contributed by atoms with Gasteiger partial charge in [0.05, 0.1) is 41.8 Å². The van der Waals surface area contributed by atoms with Crippen molar-refractivity contribution in [2.45, 2.75) is 32.4 Å². The highest BCUT2D eigenvalue weighted by molar-refractivity contribution is 7.94. The topological polar surface area (TPSA) is 84.0 Å². The Morgan fingerprint density at radius 2 is 1.88 bits per heavy atom. The number of benzene rings is 1. The van der Waals surface area contributed by atoms with Crippen LogP contribution in [0.2, 0.25) is 5.02 Å². The van der Waals surface area contributed by atoms with Crippen molar-refractivity contribution >= 4 is 39.1 Å². The van der Waals surface area contributed by atoms with E-state index in [9.17, 15) is 18.0 Å². The lowest BCUT2D eigenvalue weighted by Crippen LogP contribution is -2.52. The number of hydrogen-bond donors (Lipinski definition) is 0. The molecule has 2 aliphatic heterocycles. The maximum absolute atomic E-state index is 12.9. The second kappa shape index (κ2) is 6.59. The number of amides is 2. The van der Waals surface area contributed by atoms with Crippen LogP contribution in [0.5, 0.6) is 0 Å². The minimum absolute atomic E-state index is 0.0311. The monoisotopic (exact) mass is 386 g/mol. The predicted octanol–water partition coefficient (Wildman–Crippen LogP) is 1.66. The first-order chi connectivity index (χ1) is 11.7. The molecule has 0 bridgehead atoms. The fraction of sp³-hybridized carbons (Fsp3) is 0.500. The second-order valence-corrected chi connectivity index (χ2v) is 8.68. The van der Waals surface area contributed by atoms with Crippen LogP contribution in [0.25, 0.3) is 0 Å². The number of carbonyl (C=O) groups excluding carboxylic acids is 2. The molecule has 0 aromatic heterocycles. The van der Waals surface area contributed by atoms with E-state index in [0.29, 0.717) is 17.5 Å². The highest BCUT2D eigenvalue weighted by Gasteiger charge is 2.38. The van der Waals surface area contributed by atoms with Crippen molar-refractivity contribution in [2.24, 2.45) is 0 Å². The fourth-order valence-electron chi connectivity index (χ4n) is 3.20. The van der Waals surface area contributed by atoms with Crippen molar-refractivity contribution in [3.05, 3.63) is 28.8 Å². The van der Waals surface area contributed by atoms with Crippen molar-refractivity contribution in [2.75, 3.05) is 23.3 Å². The molecule has 0 radical (unpaired) electrons. The van der Waals surface area contributed by atoms with Crippen molar-refractivity contribution in [3.8, 4) is 0 Å². The molecule has 25 heavy (non-hydrogen) atoms. The number of sulfonamides is 1. The molecule has 7 nitrogen and oxygen atoms in total. The Morgan fingerprint density at radius 1 is 1.24 bits per heavy atom. The van der Waals surface area contributed by atoms with Gasteiger partial charge in [0.15, 0.2) is 0 Å². The molecule has 9 heteroatoms. The number of morpholine rings is 1. The molecule has 0 N–H and O–H groups in total. The summed E-state index contributed by atoms with van der Waals surface area (Å²) >= 11 is 6.11. The molecular weight excluding hydrogens is 368 g/mol. The van der Waals surface area contributed by atoms with Crippen molar-refractivity contribution in [1.82, 2.24) is 4.90 Å². The van der Waals surface area contributed by atoms with E-state index in [1.165, 1.54) is 18.2 Å². The zero-order chi connectivity index (χ0) is 18.4. The zero-order valence-electron chi connectivity index (χ0n) is 13.9. The summed E-state index contributed by atoms with van der Waals surface area (Å²) < 4.78 is 30.4. The third kappa shape index (κ3) is 3.26. The van der Waals surface area contributed by atoms with Crippen molar-refractivity contribution in [1.29, 1.82) is 0 Å². The first kappa shape index (κ1) is 18.2. The number of anilines is 1. The van der Waals surface area contributed by atoms with Crippen LogP contribution in [0.15, 0.2) is 18.2 Å². The van der Waals surface area contributed by atoms with Gasteiger partial charge in [-0.05, 0) is 32.0 Å². The summed E-state index contributed by atoms with van der Waals surface area (Å²) in [7, 11) is -3.75. The molecule has 1 aromatic carbocycles. The van der Waals surface area contributed by atoms with Gasteiger partial charge in [-0.3, -0.25) is 9.59 Å². The van der Waals surface area contributed by atoms with Crippen LogP contribution in [-0.2, 0) is 19.6 Å². The van der Waals surface area contributed by atoms with E-state index in [2.05, 4.69) is 0 Å². The van der Waals surface area contributed by atoms with E-state index in [-0.39, 0.29) is 46.4 Å². The molecule has 2 fully saturated rings. The molecule has 2 saturated heterocycles. The summed E-state index contributed by atoms with van der Waals surface area (Å²) in [5.74, 6) is -1.04. The third-order valence-electron chi connectivity index (χ3n) is 4.39. The van der Waals surface area contributed by atoms with Gasteiger partial charge in [-0.1, -0.05) is 11.6 Å². The van der Waals surface area contributed by atoms with E-state index < -0.39 is 15.9 Å². The van der Waals surface area contributed by atoms with E-state index in [1.54, 1.807) is 4.90 Å². The lowest BCUT2D eigenvalue weighted by molar-refractivity contribution is -0.116. The maximum atomic E-state index is 12.9. The third-order valence-corrected chi connectivity index (χ3v) is 6.39. The van der Waals surface area contributed by atoms with Crippen LogP contribution >= 0.6 is 11.6 Å². The van der Waals surface area contributed by atoms with Crippen molar-refractivity contribution < 1.29 is 22.7 Å². The quantitative estimate of drug-likeness (QED) is 0.771. The Balaban J connectivity index is 1.99. The number of hydrogen-bond acceptors (Lipinski definition) is 5. The zero-order valence-corrected chi connectivity index (χ0v) is 15.5. The van der Waals surface area contributed by atoms with Gasteiger partial charge in [0.25, 0.3) is 5.91 Å². The van der Waals surface area contributed by atoms with Gasteiger partial charge in [-0.25, -0.2) is 12.7 Å². The average molecular weight is 387 g/mol. The molecule has 1 aromatic rings. The van der Waals surface area contributed by atoms with Gasteiger partial charge in [0.2, 0.25) is 15.9 Å². The Morgan fingerprint density at radius 3 is 2.44 bits per heavy atom. The van der Waals surface area contributed by atoms with Gasteiger partial charge < -0.3 is 9.64 Å². The Kier molecular flexibility index (Phi) is 4.78. The predicted molar refractivity (Wildman–Crippen MR) is 93.3 cm³/mol. The summed E-state index contributed by atoms with van der Waals surface area (Å²) in [6.07, 6.45) is -0.0889. The standard InChI is InChI=1S/C16H19ClN2O5S/c1-10-8-24-9-11(2)18(10)16(21)12-3-4-13(17)14(7-12)19-15(20)5-6-25(19,22)23/h3-4,7,10-11H,5-6,8-9H2,1-2H3. The van der Waals surface area contributed by atoms with E-state index in [1.807, 2.05) is 13.8 Å². The van der Waals surface area contributed by atoms with Crippen LogP contribution in [0.1, 0.15) is 30.6 Å². The molecule has 2 amide bonds. The second-order valence-electron chi connectivity index (χ2n) is 6.34. The molecule has 0 saturated carbocycles. The molecule has 2 atom stereocenters. The Labute approximate surface area is 151 Å². The first-order valence-corrected chi connectivity index (χ1v) is 9.97. The number of rotatable bonds is 2. The molecule has 3 rings (SSSR count). The molecule has 0 spiro atoms. The van der Waals surface area contributed by atoms with Crippen LogP contribution in [-0.4, -0.2) is 56.2 Å². The van der Waals surface area contributed by atoms with E-state index in [4.69, 9.17) is 16.3 Å². The van der Waals surface area contributed by atoms with E-state index >= 15 is 0 Å². The molecule has 136 valence electrons. The number of carbonyl (C=O) groups is 2. The smallest absolute Gasteiger partial charge is 0.254 e. The Bertz CT molecular complexity index is 816. The Hall–Kier alpha value is -1.64. The lowest BCUT2D eigenvalue weighted by atomic mass is 10.1. The highest BCUT2D eigenvalue weighted by Crippen LogP contribution is 2.33. The molecule has 2 unspecified atom stereocenters. The van der Waals surface area contributed by atoms with Crippen LogP contribution in [0, 0.1) is 0 Å². The fourth-order valence-corrected chi connectivity index (χ4v) is 4.92. The molecule has 2 aliphatic rings. The number of ether oxygens (including phenoxy) is 1. The summed E-state index contributed by atoms with van der Waals surface area (Å²) in [5, 5.41) is 0.110. The molecular formula is C16H19ClN2O5S. The first-order valence-electron chi connectivity index (χ1n) is 7.98. The summed E-state index contributed by atoms with van der Waals surface area (Å²) in [6.45, 7) is 4.66. The summed E-state index contributed by atoms with van der Waals surface area (Å²) in [4.78, 5) is 26.6. The SMILES string of the molecule is CC1COCC(C)N1C(=O)c1ccc(Cl)c(N2C(=O)CCS2(=O)=O)c1. The van der Waals surface area contributed by atoms with Gasteiger partial charge in [0, 0.05) is 12.0 Å². The molecule has 0 aliphatic carbocycles. The normalized spacial score (nSPS) is 26.1. The minimum atomic E-state index is -3.75. The van der Waals surface area contributed by atoms with Gasteiger partial charge >= 0.3 is 0 Å². The number of halogens is 1. The van der Waals surface area contributed by atoms with Gasteiger partial charge in [-0.15, -0.1) is 0 Å². The van der Waals surface area contributed by atoms with Crippen molar-refractivity contribution in [3.63, 3.8) is 0 Å².